The Morgan fingerprint density at radius 2 is 2.11 bits per heavy atom. The molecule has 0 N–H and O–H groups in total. The Hall–Kier alpha value is -0.900. The van der Waals surface area contributed by atoms with E-state index in [0.29, 0.717) is 6.61 Å². The molecule has 0 bridgehead atoms. The van der Waals surface area contributed by atoms with Crippen LogP contribution in [0.15, 0.2) is 30.3 Å². The SMILES string of the molecule is CCC(OCc1ccccc1)OC1CCCCO1. The number of hydrogen-bond acceptors (Lipinski definition) is 3. The Bertz CT molecular complexity index is 320. The summed E-state index contributed by atoms with van der Waals surface area (Å²) in [5.74, 6) is 0. The van der Waals surface area contributed by atoms with Gasteiger partial charge in [-0.25, -0.2) is 0 Å². The van der Waals surface area contributed by atoms with E-state index in [-0.39, 0.29) is 12.6 Å². The summed E-state index contributed by atoms with van der Waals surface area (Å²) >= 11 is 0. The average molecular weight is 250 g/mol. The monoisotopic (exact) mass is 250 g/mol. The topological polar surface area (TPSA) is 27.7 Å². The molecule has 2 rings (SSSR count). The number of ether oxygens (including phenoxy) is 3. The van der Waals surface area contributed by atoms with Gasteiger partial charge in [0.05, 0.1) is 6.61 Å². The molecule has 0 saturated carbocycles. The molecule has 1 aliphatic heterocycles. The van der Waals surface area contributed by atoms with Crippen molar-refractivity contribution in [1.82, 2.24) is 0 Å². The summed E-state index contributed by atoms with van der Waals surface area (Å²) < 4.78 is 17.2. The van der Waals surface area contributed by atoms with Crippen LogP contribution in [0.25, 0.3) is 0 Å². The molecule has 0 radical (unpaired) electrons. The Labute approximate surface area is 109 Å². The molecule has 2 atom stereocenters. The van der Waals surface area contributed by atoms with Gasteiger partial charge in [-0.3, -0.25) is 0 Å². The summed E-state index contributed by atoms with van der Waals surface area (Å²) in [5.41, 5.74) is 1.17. The summed E-state index contributed by atoms with van der Waals surface area (Å²) in [6.45, 7) is 3.46. The van der Waals surface area contributed by atoms with Crippen LogP contribution in [-0.2, 0) is 20.8 Å². The number of hydrogen-bond donors (Lipinski definition) is 0. The molecule has 1 fully saturated rings. The maximum atomic E-state index is 5.82. The third-order valence-corrected chi connectivity index (χ3v) is 3.05. The van der Waals surface area contributed by atoms with Crippen molar-refractivity contribution in [2.24, 2.45) is 0 Å². The van der Waals surface area contributed by atoms with E-state index in [1.165, 1.54) is 12.0 Å². The molecule has 100 valence electrons. The van der Waals surface area contributed by atoms with E-state index in [1.54, 1.807) is 0 Å². The second-order valence-corrected chi connectivity index (χ2v) is 4.57. The first-order valence-electron chi connectivity index (χ1n) is 6.81. The summed E-state index contributed by atoms with van der Waals surface area (Å²) in [4.78, 5) is 0. The minimum atomic E-state index is -0.173. The quantitative estimate of drug-likeness (QED) is 0.723. The van der Waals surface area contributed by atoms with Gasteiger partial charge < -0.3 is 14.2 Å². The summed E-state index contributed by atoms with van der Waals surface area (Å²) in [7, 11) is 0. The van der Waals surface area contributed by atoms with E-state index in [4.69, 9.17) is 14.2 Å². The van der Waals surface area contributed by atoms with Crippen molar-refractivity contribution in [3.05, 3.63) is 35.9 Å². The van der Waals surface area contributed by atoms with Gasteiger partial charge in [-0.15, -0.1) is 0 Å². The van der Waals surface area contributed by atoms with Crippen molar-refractivity contribution >= 4 is 0 Å². The summed E-state index contributed by atoms with van der Waals surface area (Å²) in [5, 5.41) is 0. The van der Waals surface area contributed by atoms with Crippen LogP contribution in [0.1, 0.15) is 38.2 Å². The van der Waals surface area contributed by atoms with Crippen molar-refractivity contribution < 1.29 is 14.2 Å². The van der Waals surface area contributed by atoms with Crippen molar-refractivity contribution in [1.29, 1.82) is 0 Å². The first kappa shape index (κ1) is 13.5. The molecule has 1 aromatic rings. The molecular weight excluding hydrogens is 228 g/mol. The third-order valence-electron chi connectivity index (χ3n) is 3.05. The van der Waals surface area contributed by atoms with Gasteiger partial charge in [-0.2, -0.15) is 0 Å². The Morgan fingerprint density at radius 3 is 2.78 bits per heavy atom. The van der Waals surface area contributed by atoms with Crippen LogP contribution in [0.5, 0.6) is 0 Å². The van der Waals surface area contributed by atoms with Crippen molar-refractivity contribution in [3.63, 3.8) is 0 Å². The Kier molecular flexibility index (Phi) is 5.65. The lowest BCUT2D eigenvalue weighted by Gasteiger charge is -2.27. The van der Waals surface area contributed by atoms with E-state index in [2.05, 4.69) is 19.1 Å². The molecule has 1 aliphatic rings. The van der Waals surface area contributed by atoms with Crippen LogP contribution in [0.4, 0.5) is 0 Å². The van der Waals surface area contributed by atoms with Gasteiger partial charge in [-0.1, -0.05) is 37.3 Å². The van der Waals surface area contributed by atoms with Crippen molar-refractivity contribution in [2.75, 3.05) is 6.61 Å². The number of benzene rings is 1. The largest absolute Gasteiger partial charge is 0.353 e. The first-order valence-corrected chi connectivity index (χ1v) is 6.81. The van der Waals surface area contributed by atoms with E-state index in [1.807, 2.05) is 18.2 Å². The molecule has 0 aliphatic carbocycles. The fraction of sp³-hybridized carbons (Fsp3) is 0.600. The first-order chi connectivity index (χ1) is 8.88. The highest BCUT2D eigenvalue weighted by Gasteiger charge is 2.19. The van der Waals surface area contributed by atoms with E-state index in [9.17, 15) is 0 Å². The van der Waals surface area contributed by atoms with Crippen molar-refractivity contribution in [3.8, 4) is 0 Å². The van der Waals surface area contributed by atoms with Crippen LogP contribution in [0.3, 0.4) is 0 Å². The molecule has 0 aromatic heterocycles. The highest BCUT2D eigenvalue weighted by Crippen LogP contribution is 2.17. The Morgan fingerprint density at radius 1 is 1.28 bits per heavy atom. The molecular formula is C15H22O3. The van der Waals surface area contributed by atoms with Gasteiger partial charge in [0.2, 0.25) is 0 Å². The summed E-state index contributed by atoms with van der Waals surface area (Å²) in [6, 6.07) is 10.2. The van der Waals surface area contributed by atoms with Gasteiger partial charge in [-0.05, 0) is 31.2 Å². The lowest BCUT2D eigenvalue weighted by molar-refractivity contribution is -0.259. The van der Waals surface area contributed by atoms with Crippen LogP contribution >= 0.6 is 0 Å². The fourth-order valence-electron chi connectivity index (χ4n) is 2.00. The molecule has 0 spiro atoms. The van der Waals surface area contributed by atoms with E-state index < -0.39 is 0 Å². The van der Waals surface area contributed by atoms with Crippen LogP contribution in [-0.4, -0.2) is 19.2 Å². The molecule has 1 heterocycles. The highest BCUT2D eigenvalue weighted by atomic mass is 16.8. The minimum absolute atomic E-state index is 0.0838. The zero-order chi connectivity index (χ0) is 12.6. The van der Waals surface area contributed by atoms with E-state index >= 15 is 0 Å². The molecule has 2 unspecified atom stereocenters. The maximum absolute atomic E-state index is 5.82. The normalized spacial score (nSPS) is 21.7. The van der Waals surface area contributed by atoms with Gasteiger partial charge >= 0.3 is 0 Å². The highest BCUT2D eigenvalue weighted by molar-refractivity contribution is 5.13. The lowest BCUT2D eigenvalue weighted by Crippen LogP contribution is -2.29. The van der Waals surface area contributed by atoms with Gasteiger partial charge in [0.15, 0.2) is 12.6 Å². The van der Waals surface area contributed by atoms with Gasteiger partial charge in [0.25, 0.3) is 0 Å². The van der Waals surface area contributed by atoms with Crippen molar-refractivity contribution in [2.45, 2.75) is 51.8 Å². The zero-order valence-electron chi connectivity index (χ0n) is 11.0. The molecule has 0 amide bonds. The van der Waals surface area contributed by atoms with Crippen LogP contribution in [0, 0.1) is 0 Å². The number of rotatable bonds is 6. The maximum Gasteiger partial charge on any atom is 0.160 e. The summed E-state index contributed by atoms with van der Waals surface area (Å²) in [6.07, 6.45) is 3.88. The standard InChI is InChI=1S/C15H22O3/c1-2-14(18-15-10-6-7-11-16-15)17-12-13-8-4-3-5-9-13/h3-5,8-9,14-15H,2,6-7,10-12H2,1H3. The third kappa shape index (κ3) is 4.41. The molecule has 3 heteroatoms. The second kappa shape index (κ2) is 7.52. The average Bonchev–Trinajstić information content (AvgIpc) is 2.45. The molecule has 18 heavy (non-hydrogen) atoms. The predicted molar refractivity (Wildman–Crippen MR) is 70.0 cm³/mol. The Balaban J connectivity index is 1.74. The lowest BCUT2D eigenvalue weighted by atomic mass is 10.2. The fourth-order valence-corrected chi connectivity index (χ4v) is 2.00. The molecule has 1 saturated heterocycles. The smallest absolute Gasteiger partial charge is 0.160 e. The predicted octanol–water partition coefficient (Wildman–Crippen LogP) is 3.48. The zero-order valence-corrected chi connectivity index (χ0v) is 11.0. The second-order valence-electron chi connectivity index (χ2n) is 4.57. The minimum Gasteiger partial charge on any atom is -0.353 e. The van der Waals surface area contributed by atoms with Gasteiger partial charge in [0, 0.05) is 6.61 Å². The van der Waals surface area contributed by atoms with E-state index in [0.717, 1.165) is 25.9 Å². The van der Waals surface area contributed by atoms with Crippen LogP contribution < -0.4 is 0 Å². The molecule has 1 aromatic carbocycles. The van der Waals surface area contributed by atoms with Gasteiger partial charge in [0.1, 0.15) is 0 Å². The van der Waals surface area contributed by atoms with Crippen LogP contribution in [0.2, 0.25) is 0 Å². The molecule has 3 nitrogen and oxygen atoms in total.